The van der Waals surface area contributed by atoms with Crippen molar-refractivity contribution in [3.63, 3.8) is 0 Å². The second-order valence-corrected chi connectivity index (χ2v) is 4.29. The van der Waals surface area contributed by atoms with Gasteiger partial charge in [-0.25, -0.2) is 9.37 Å². The largest absolute Gasteiger partial charge is 0.486 e. The van der Waals surface area contributed by atoms with Gasteiger partial charge in [-0.2, -0.15) is 0 Å². The fraction of sp³-hybridized carbons (Fsp3) is 0.200. The van der Waals surface area contributed by atoms with E-state index in [1.54, 1.807) is 25.1 Å². The molecule has 0 aliphatic heterocycles. The van der Waals surface area contributed by atoms with Crippen molar-refractivity contribution in [3.05, 3.63) is 53.5 Å². The lowest BCUT2D eigenvalue weighted by atomic mass is 10.1. The van der Waals surface area contributed by atoms with E-state index in [9.17, 15) is 4.39 Å². The molecule has 0 fully saturated rings. The van der Waals surface area contributed by atoms with Crippen LogP contribution in [-0.4, -0.2) is 23.0 Å². The lowest BCUT2D eigenvalue weighted by Gasteiger charge is -2.11. The van der Waals surface area contributed by atoms with Gasteiger partial charge in [-0.15, -0.1) is 0 Å². The number of hydrogen-bond acceptors (Lipinski definition) is 5. The molecule has 0 aliphatic carbocycles. The Balaban J connectivity index is 2.20. The lowest BCUT2D eigenvalue weighted by molar-refractivity contribution is 0.294. The van der Waals surface area contributed by atoms with Crippen LogP contribution in [0.3, 0.4) is 0 Å². The molecular weight excluding hydrogens is 275 g/mol. The highest BCUT2D eigenvalue weighted by Crippen LogP contribution is 2.22. The normalized spacial score (nSPS) is 11.3. The Bertz CT molecular complexity index is 659. The molecule has 0 radical (unpaired) electrons. The summed E-state index contributed by atoms with van der Waals surface area (Å²) < 4.78 is 23.9. The molecule has 21 heavy (non-hydrogen) atoms. The quantitative estimate of drug-likeness (QED) is 0.522. The number of pyridine rings is 1. The number of nitrogens with zero attached hydrogens (tertiary/aromatic N) is 2. The standard InChI is InChI=1S/C15H15FN2O3/c1-10(18-19)13-7-6-11(16)8-14(13)21-9-12-4-3-5-15(17-12)20-2/h3-8,19H,9H2,1-2H3. The summed E-state index contributed by atoms with van der Waals surface area (Å²) in [6.07, 6.45) is 0. The molecular formula is C15H15FN2O3. The van der Waals surface area contributed by atoms with E-state index in [-0.39, 0.29) is 12.4 Å². The molecule has 0 bridgehead atoms. The zero-order chi connectivity index (χ0) is 15.2. The third-order valence-electron chi connectivity index (χ3n) is 2.85. The number of ether oxygens (including phenoxy) is 2. The zero-order valence-corrected chi connectivity index (χ0v) is 11.7. The minimum atomic E-state index is -0.432. The van der Waals surface area contributed by atoms with E-state index in [1.165, 1.54) is 25.3 Å². The second kappa shape index (κ2) is 6.69. The van der Waals surface area contributed by atoms with Crippen LogP contribution in [0.4, 0.5) is 4.39 Å². The summed E-state index contributed by atoms with van der Waals surface area (Å²) >= 11 is 0. The summed E-state index contributed by atoms with van der Waals surface area (Å²) in [5, 5.41) is 12.0. The second-order valence-electron chi connectivity index (χ2n) is 4.29. The third kappa shape index (κ3) is 3.68. The summed E-state index contributed by atoms with van der Waals surface area (Å²) in [6, 6.07) is 9.30. The number of halogens is 1. The first kappa shape index (κ1) is 14.8. The average molecular weight is 290 g/mol. The molecule has 6 heteroatoms. The molecule has 0 atom stereocenters. The van der Waals surface area contributed by atoms with Gasteiger partial charge in [0.05, 0.1) is 18.5 Å². The van der Waals surface area contributed by atoms with Crippen LogP contribution in [0.15, 0.2) is 41.6 Å². The molecule has 0 unspecified atom stereocenters. The first-order valence-electron chi connectivity index (χ1n) is 6.25. The summed E-state index contributed by atoms with van der Waals surface area (Å²) in [6.45, 7) is 1.75. The van der Waals surface area contributed by atoms with Crippen molar-refractivity contribution in [2.75, 3.05) is 7.11 Å². The van der Waals surface area contributed by atoms with Crippen molar-refractivity contribution in [2.24, 2.45) is 5.16 Å². The number of aromatic nitrogens is 1. The van der Waals surface area contributed by atoms with Gasteiger partial charge in [0.2, 0.25) is 5.88 Å². The minimum absolute atomic E-state index is 0.145. The third-order valence-corrected chi connectivity index (χ3v) is 2.85. The van der Waals surface area contributed by atoms with E-state index in [0.29, 0.717) is 22.8 Å². The van der Waals surface area contributed by atoms with E-state index >= 15 is 0 Å². The number of methoxy groups -OCH3 is 1. The SMILES string of the molecule is COc1cccc(COc2cc(F)ccc2C(C)=NO)n1. The van der Waals surface area contributed by atoms with Crippen molar-refractivity contribution in [3.8, 4) is 11.6 Å². The van der Waals surface area contributed by atoms with Gasteiger partial charge in [-0.3, -0.25) is 0 Å². The topological polar surface area (TPSA) is 63.9 Å². The van der Waals surface area contributed by atoms with Gasteiger partial charge in [0.25, 0.3) is 0 Å². The molecule has 5 nitrogen and oxygen atoms in total. The van der Waals surface area contributed by atoms with Gasteiger partial charge in [0, 0.05) is 17.7 Å². The molecule has 110 valence electrons. The van der Waals surface area contributed by atoms with Gasteiger partial charge in [0.1, 0.15) is 18.2 Å². The maximum atomic E-state index is 13.3. The van der Waals surface area contributed by atoms with Gasteiger partial charge in [-0.1, -0.05) is 11.2 Å². The molecule has 0 spiro atoms. The van der Waals surface area contributed by atoms with Crippen molar-refractivity contribution in [1.82, 2.24) is 4.98 Å². The van der Waals surface area contributed by atoms with E-state index in [2.05, 4.69) is 10.1 Å². The molecule has 1 N–H and O–H groups in total. The maximum Gasteiger partial charge on any atom is 0.213 e. The van der Waals surface area contributed by atoms with Crippen molar-refractivity contribution >= 4 is 5.71 Å². The fourth-order valence-electron chi connectivity index (χ4n) is 1.77. The van der Waals surface area contributed by atoms with E-state index in [4.69, 9.17) is 14.7 Å². The first-order chi connectivity index (χ1) is 10.1. The summed E-state index contributed by atoms with van der Waals surface area (Å²) in [4.78, 5) is 4.20. The van der Waals surface area contributed by atoms with Crippen LogP contribution in [0.25, 0.3) is 0 Å². The van der Waals surface area contributed by atoms with Crippen LogP contribution in [0.1, 0.15) is 18.2 Å². The molecule has 0 saturated carbocycles. The zero-order valence-electron chi connectivity index (χ0n) is 11.7. The molecule has 2 aromatic rings. The Morgan fingerprint density at radius 3 is 2.86 bits per heavy atom. The molecule has 0 aliphatic rings. The summed E-state index contributed by atoms with van der Waals surface area (Å²) in [5.74, 6) is 0.330. The van der Waals surface area contributed by atoms with Crippen molar-refractivity contribution < 1.29 is 19.1 Å². The Labute approximate surface area is 121 Å². The van der Waals surface area contributed by atoms with Crippen LogP contribution < -0.4 is 9.47 Å². The smallest absolute Gasteiger partial charge is 0.213 e. The molecule has 2 rings (SSSR count). The average Bonchev–Trinajstić information content (AvgIpc) is 2.52. The fourth-order valence-corrected chi connectivity index (χ4v) is 1.77. The molecule has 1 aromatic carbocycles. The van der Waals surface area contributed by atoms with E-state index in [0.717, 1.165) is 0 Å². The number of oxime groups is 1. The molecule has 1 heterocycles. The predicted molar refractivity (Wildman–Crippen MR) is 75.5 cm³/mol. The minimum Gasteiger partial charge on any atom is -0.486 e. The van der Waals surface area contributed by atoms with Crippen LogP contribution in [0.2, 0.25) is 0 Å². The Morgan fingerprint density at radius 1 is 1.33 bits per heavy atom. The summed E-state index contributed by atoms with van der Waals surface area (Å²) in [7, 11) is 1.53. The van der Waals surface area contributed by atoms with Crippen LogP contribution in [0, 0.1) is 5.82 Å². The van der Waals surface area contributed by atoms with Gasteiger partial charge in [0.15, 0.2) is 0 Å². The Kier molecular flexibility index (Phi) is 4.71. The van der Waals surface area contributed by atoms with Crippen molar-refractivity contribution in [1.29, 1.82) is 0 Å². The van der Waals surface area contributed by atoms with Gasteiger partial charge in [-0.05, 0) is 25.1 Å². The number of rotatable bonds is 5. The Morgan fingerprint density at radius 2 is 2.14 bits per heavy atom. The summed E-state index contributed by atoms with van der Waals surface area (Å²) in [5.41, 5.74) is 1.49. The number of benzene rings is 1. The maximum absolute atomic E-state index is 13.3. The molecule has 0 amide bonds. The highest BCUT2D eigenvalue weighted by Gasteiger charge is 2.10. The lowest BCUT2D eigenvalue weighted by Crippen LogP contribution is -2.04. The number of hydrogen-bond donors (Lipinski definition) is 1. The van der Waals surface area contributed by atoms with Crippen molar-refractivity contribution in [2.45, 2.75) is 13.5 Å². The monoisotopic (exact) mass is 290 g/mol. The predicted octanol–water partition coefficient (Wildman–Crippen LogP) is 3.01. The van der Waals surface area contributed by atoms with E-state index in [1.807, 2.05) is 0 Å². The van der Waals surface area contributed by atoms with Gasteiger partial charge < -0.3 is 14.7 Å². The highest BCUT2D eigenvalue weighted by atomic mass is 19.1. The Hall–Kier alpha value is -2.63. The molecule has 1 aromatic heterocycles. The first-order valence-corrected chi connectivity index (χ1v) is 6.25. The van der Waals surface area contributed by atoms with Crippen LogP contribution >= 0.6 is 0 Å². The van der Waals surface area contributed by atoms with Crippen LogP contribution in [-0.2, 0) is 6.61 Å². The van der Waals surface area contributed by atoms with Crippen LogP contribution in [0.5, 0.6) is 11.6 Å². The van der Waals surface area contributed by atoms with E-state index < -0.39 is 5.82 Å². The highest BCUT2D eigenvalue weighted by molar-refractivity contribution is 6.00. The van der Waals surface area contributed by atoms with Gasteiger partial charge >= 0.3 is 0 Å². The molecule has 0 saturated heterocycles.